The van der Waals surface area contributed by atoms with Gasteiger partial charge < -0.3 is 9.94 Å². The van der Waals surface area contributed by atoms with Crippen molar-refractivity contribution in [1.82, 2.24) is 0 Å². The van der Waals surface area contributed by atoms with E-state index in [2.05, 4.69) is 21.1 Å². The van der Waals surface area contributed by atoms with Gasteiger partial charge in [0.25, 0.3) is 5.69 Å². The molecule has 7 nitrogen and oxygen atoms in total. The van der Waals surface area contributed by atoms with Crippen molar-refractivity contribution in [2.24, 2.45) is 5.16 Å². The number of benzene rings is 2. The van der Waals surface area contributed by atoms with Crippen LogP contribution in [-0.4, -0.2) is 21.8 Å². The Morgan fingerprint density at radius 3 is 2.60 bits per heavy atom. The largest absolute Gasteiger partial charge is 0.456 e. The minimum absolute atomic E-state index is 0.0204. The molecular formula is C17H15BrN2O5. The second-order valence-corrected chi connectivity index (χ2v) is 6.05. The van der Waals surface area contributed by atoms with E-state index in [1.165, 1.54) is 6.07 Å². The van der Waals surface area contributed by atoms with E-state index >= 15 is 0 Å². The summed E-state index contributed by atoms with van der Waals surface area (Å²) >= 11 is 3.18. The van der Waals surface area contributed by atoms with Crippen LogP contribution in [0.1, 0.15) is 17.5 Å². The maximum absolute atomic E-state index is 12.0. The lowest BCUT2D eigenvalue weighted by molar-refractivity contribution is -0.385. The summed E-state index contributed by atoms with van der Waals surface area (Å²) in [5.74, 6) is -0.758. The molecule has 0 amide bonds. The van der Waals surface area contributed by atoms with Crippen molar-refractivity contribution in [3.05, 3.63) is 74.2 Å². The maximum atomic E-state index is 12.0. The van der Waals surface area contributed by atoms with Crippen LogP contribution in [0.2, 0.25) is 0 Å². The molecule has 0 atom stereocenters. The first-order chi connectivity index (χ1) is 12.0. The zero-order chi connectivity index (χ0) is 18.2. The van der Waals surface area contributed by atoms with Crippen molar-refractivity contribution in [3.8, 4) is 0 Å². The fourth-order valence-electron chi connectivity index (χ4n) is 2.17. The lowest BCUT2D eigenvalue weighted by Gasteiger charge is -2.07. The van der Waals surface area contributed by atoms with Gasteiger partial charge in [-0.15, -0.1) is 0 Å². The van der Waals surface area contributed by atoms with Crippen molar-refractivity contribution in [2.45, 2.75) is 19.4 Å². The first-order valence-corrected chi connectivity index (χ1v) is 8.15. The molecule has 130 valence electrons. The highest BCUT2D eigenvalue weighted by molar-refractivity contribution is 9.10. The van der Waals surface area contributed by atoms with Crippen molar-refractivity contribution in [2.75, 3.05) is 0 Å². The second-order valence-electron chi connectivity index (χ2n) is 5.14. The fourth-order valence-corrected chi connectivity index (χ4v) is 2.52. The summed E-state index contributed by atoms with van der Waals surface area (Å²) in [5, 5.41) is 23.1. The van der Waals surface area contributed by atoms with Crippen molar-refractivity contribution in [1.29, 1.82) is 0 Å². The van der Waals surface area contributed by atoms with E-state index < -0.39 is 10.9 Å². The zero-order valence-corrected chi connectivity index (χ0v) is 14.7. The Morgan fingerprint density at radius 2 is 1.96 bits per heavy atom. The summed E-state index contributed by atoms with van der Waals surface area (Å²) in [7, 11) is 0. The normalized spacial score (nSPS) is 11.2. The lowest BCUT2D eigenvalue weighted by Crippen LogP contribution is -2.18. The predicted octanol–water partition coefficient (Wildman–Crippen LogP) is 3.86. The Bertz CT molecular complexity index is 793. The van der Waals surface area contributed by atoms with E-state index in [-0.39, 0.29) is 30.8 Å². The Balaban J connectivity index is 1.98. The van der Waals surface area contributed by atoms with Gasteiger partial charge in [0.15, 0.2) is 5.71 Å². The fraction of sp³-hybridized carbons (Fsp3) is 0.176. The van der Waals surface area contributed by atoms with Crippen LogP contribution in [0.3, 0.4) is 0 Å². The Labute approximate surface area is 152 Å². The smallest absolute Gasteiger partial charge is 0.356 e. The number of hydrogen-bond donors (Lipinski definition) is 1. The average Bonchev–Trinajstić information content (AvgIpc) is 2.62. The van der Waals surface area contributed by atoms with E-state index in [4.69, 9.17) is 9.94 Å². The first-order valence-electron chi connectivity index (χ1n) is 7.36. The number of oxime groups is 1. The van der Waals surface area contributed by atoms with Crippen LogP contribution in [0.25, 0.3) is 0 Å². The van der Waals surface area contributed by atoms with E-state index in [0.29, 0.717) is 10.0 Å². The van der Waals surface area contributed by atoms with Gasteiger partial charge in [-0.2, -0.15) is 0 Å². The quantitative estimate of drug-likeness (QED) is 0.247. The van der Waals surface area contributed by atoms with Gasteiger partial charge in [-0.3, -0.25) is 10.1 Å². The van der Waals surface area contributed by atoms with E-state index in [1.807, 2.05) is 18.2 Å². The average molecular weight is 407 g/mol. The number of halogens is 1. The van der Waals surface area contributed by atoms with Gasteiger partial charge in [0, 0.05) is 22.5 Å². The third kappa shape index (κ3) is 5.39. The molecule has 0 aliphatic rings. The number of nitro groups is 1. The van der Waals surface area contributed by atoms with Gasteiger partial charge in [-0.1, -0.05) is 57.5 Å². The van der Waals surface area contributed by atoms with Gasteiger partial charge in [0.2, 0.25) is 0 Å². The molecule has 0 aliphatic carbocycles. The molecule has 2 aromatic carbocycles. The summed E-state index contributed by atoms with van der Waals surface area (Å²) in [5.41, 5.74) is 0.986. The molecule has 0 saturated heterocycles. The summed E-state index contributed by atoms with van der Waals surface area (Å²) in [6, 6.07) is 13.7. The highest BCUT2D eigenvalue weighted by atomic mass is 79.9. The van der Waals surface area contributed by atoms with Crippen LogP contribution in [0, 0.1) is 10.1 Å². The van der Waals surface area contributed by atoms with Crippen LogP contribution in [0.5, 0.6) is 0 Å². The molecule has 25 heavy (non-hydrogen) atoms. The number of carbonyl (C=O) groups excluding carboxylic acids is 1. The molecule has 0 saturated carbocycles. The zero-order valence-electron chi connectivity index (χ0n) is 13.1. The molecular weight excluding hydrogens is 392 g/mol. The maximum Gasteiger partial charge on any atom is 0.356 e. The standard InChI is InChI=1S/C17H15BrN2O5/c18-14-8-6-13(16(10-14)20(23)24)7-9-15(19-22)17(21)25-11-12-4-2-1-3-5-12/h1-6,8,10,22H,7,9,11H2/b19-15+. The molecule has 8 heteroatoms. The molecule has 2 aromatic rings. The minimum atomic E-state index is -0.758. The molecule has 0 aliphatic heterocycles. The molecule has 1 N–H and O–H groups in total. The molecule has 0 aromatic heterocycles. The number of ether oxygens (including phenoxy) is 1. The number of nitro benzene ring substituents is 1. The van der Waals surface area contributed by atoms with Crippen molar-refractivity contribution < 1.29 is 19.7 Å². The van der Waals surface area contributed by atoms with Gasteiger partial charge >= 0.3 is 5.97 Å². The number of hydrogen-bond acceptors (Lipinski definition) is 6. The van der Waals surface area contributed by atoms with Crippen molar-refractivity contribution >= 4 is 33.3 Å². The van der Waals surface area contributed by atoms with Crippen LogP contribution in [0.15, 0.2) is 58.2 Å². The molecule has 0 fully saturated rings. The Hall–Kier alpha value is -2.74. The topological polar surface area (TPSA) is 102 Å². The lowest BCUT2D eigenvalue weighted by atomic mass is 10.1. The van der Waals surface area contributed by atoms with Crippen LogP contribution < -0.4 is 0 Å². The van der Waals surface area contributed by atoms with Crippen LogP contribution >= 0.6 is 15.9 Å². The summed E-state index contributed by atoms with van der Waals surface area (Å²) < 4.78 is 5.68. The number of nitrogens with zero attached hydrogens (tertiary/aromatic N) is 2. The summed E-state index contributed by atoms with van der Waals surface area (Å²) in [6.07, 6.45) is 0.190. The van der Waals surface area contributed by atoms with Gasteiger partial charge in [0.05, 0.1) is 4.92 Å². The third-order valence-corrected chi connectivity index (χ3v) is 3.94. The highest BCUT2D eigenvalue weighted by Gasteiger charge is 2.18. The molecule has 0 unspecified atom stereocenters. The van der Waals surface area contributed by atoms with E-state index in [9.17, 15) is 14.9 Å². The number of esters is 1. The van der Waals surface area contributed by atoms with Gasteiger partial charge in [0.1, 0.15) is 6.61 Å². The first kappa shape index (κ1) is 18.6. The van der Waals surface area contributed by atoms with Gasteiger partial charge in [-0.05, 0) is 18.1 Å². The number of rotatable bonds is 7. The highest BCUT2D eigenvalue weighted by Crippen LogP contribution is 2.24. The summed E-state index contributed by atoms with van der Waals surface area (Å²) in [6.45, 7) is 0.0527. The Morgan fingerprint density at radius 1 is 1.24 bits per heavy atom. The third-order valence-electron chi connectivity index (χ3n) is 3.44. The molecule has 0 bridgehead atoms. The summed E-state index contributed by atoms with van der Waals surface area (Å²) in [4.78, 5) is 22.6. The monoisotopic (exact) mass is 406 g/mol. The predicted molar refractivity (Wildman–Crippen MR) is 94.6 cm³/mol. The Kier molecular flexibility index (Phi) is 6.64. The molecule has 2 rings (SSSR count). The molecule has 0 heterocycles. The van der Waals surface area contributed by atoms with E-state index in [1.54, 1.807) is 24.3 Å². The minimum Gasteiger partial charge on any atom is -0.456 e. The van der Waals surface area contributed by atoms with Gasteiger partial charge in [-0.25, -0.2) is 4.79 Å². The number of aryl methyl sites for hydroxylation is 1. The van der Waals surface area contributed by atoms with E-state index in [0.717, 1.165) is 5.56 Å². The van der Waals surface area contributed by atoms with Crippen LogP contribution in [-0.2, 0) is 22.6 Å². The van der Waals surface area contributed by atoms with Crippen LogP contribution in [0.4, 0.5) is 5.69 Å². The molecule has 0 radical (unpaired) electrons. The second kappa shape index (κ2) is 8.93. The SMILES string of the molecule is O=C(OCc1ccccc1)/C(CCc1ccc(Br)cc1[N+](=O)[O-])=N/O. The molecule has 0 spiro atoms. The number of carbonyl (C=O) groups is 1. The van der Waals surface area contributed by atoms with Crippen molar-refractivity contribution in [3.63, 3.8) is 0 Å².